The number of hydrogen-bond donors (Lipinski definition) is 2. The molecule has 0 aliphatic carbocycles. The summed E-state index contributed by atoms with van der Waals surface area (Å²) in [5.41, 5.74) is 0.599. The molecule has 14 heavy (non-hydrogen) atoms. The molecule has 0 aliphatic rings. The van der Waals surface area contributed by atoms with Crippen LogP contribution >= 0.6 is 0 Å². The molecule has 1 aromatic rings. The number of hydrogen-bond acceptors (Lipinski definition) is 2. The van der Waals surface area contributed by atoms with Crippen molar-refractivity contribution in [1.29, 1.82) is 0 Å². The molecule has 0 aromatic carbocycles. The van der Waals surface area contributed by atoms with E-state index in [2.05, 4.69) is 10.3 Å². The van der Waals surface area contributed by atoms with Crippen molar-refractivity contribution in [2.45, 2.75) is 6.92 Å². The SMILES string of the molecule is C/C=c1/cc(C=O)[nH]/c1=C/C=C/NC. The molecule has 1 aromatic heterocycles. The van der Waals surface area contributed by atoms with Crippen LogP contribution in [0.25, 0.3) is 12.2 Å². The Labute approximate surface area is 82.8 Å². The Bertz CT molecular complexity index is 440. The normalized spacial score (nSPS) is 13.9. The number of rotatable bonds is 3. The number of aromatic amines is 1. The van der Waals surface area contributed by atoms with Crippen LogP contribution in [0.3, 0.4) is 0 Å². The van der Waals surface area contributed by atoms with E-state index >= 15 is 0 Å². The van der Waals surface area contributed by atoms with Gasteiger partial charge in [0, 0.05) is 12.4 Å². The molecule has 3 nitrogen and oxygen atoms in total. The van der Waals surface area contributed by atoms with Crippen molar-refractivity contribution in [3.63, 3.8) is 0 Å². The van der Waals surface area contributed by atoms with Crippen LogP contribution in [-0.4, -0.2) is 18.3 Å². The summed E-state index contributed by atoms with van der Waals surface area (Å²) in [6, 6.07) is 1.83. The minimum Gasteiger partial charge on any atom is -0.394 e. The summed E-state index contributed by atoms with van der Waals surface area (Å²) in [5.74, 6) is 0. The predicted octanol–water partition coefficient (Wildman–Crippen LogP) is 0.141. The molecule has 0 radical (unpaired) electrons. The summed E-state index contributed by atoms with van der Waals surface area (Å²) in [4.78, 5) is 13.5. The summed E-state index contributed by atoms with van der Waals surface area (Å²) in [6.45, 7) is 1.94. The van der Waals surface area contributed by atoms with E-state index in [0.717, 1.165) is 16.9 Å². The number of nitrogens with one attached hydrogen (secondary N) is 2. The fraction of sp³-hybridized carbons (Fsp3) is 0.182. The Kier molecular flexibility index (Phi) is 3.73. The number of allylic oxidation sites excluding steroid dienone is 1. The molecule has 0 unspecified atom stereocenters. The highest BCUT2D eigenvalue weighted by Crippen LogP contribution is 1.79. The zero-order valence-electron chi connectivity index (χ0n) is 8.37. The van der Waals surface area contributed by atoms with Crippen LogP contribution in [0.2, 0.25) is 0 Å². The fourth-order valence-corrected chi connectivity index (χ4v) is 1.19. The average Bonchev–Trinajstić information content (AvgIpc) is 2.61. The van der Waals surface area contributed by atoms with Gasteiger partial charge in [0.15, 0.2) is 6.29 Å². The summed E-state index contributed by atoms with van der Waals surface area (Å²) in [7, 11) is 1.84. The highest BCUT2D eigenvalue weighted by molar-refractivity contribution is 5.72. The van der Waals surface area contributed by atoms with Gasteiger partial charge in [0.2, 0.25) is 0 Å². The maximum atomic E-state index is 10.5. The van der Waals surface area contributed by atoms with Crippen LogP contribution in [0, 0.1) is 0 Å². The molecule has 0 spiro atoms. The first-order valence-corrected chi connectivity index (χ1v) is 4.46. The van der Waals surface area contributed by atoms with Gasteiger partial charge in [-0.1, -0.05) is 6.08 Å². The standard InChI is InChI=1S/C11H14N2O/c1-3-9-7-10(8-14)13-11(9)5-4-6-12-2/h3-8,12-13H,1-2H3/b6-4+,9-3-,11-5+. The lowest BCUT2D eigenvalue weighted by atomic mass is 10.3. The molecule has 0 aliphatic heterocycles. The number of carbonyl (C=O) groups is 1. The monoisotopic (exact) mass is 190 g/mol. The van der Waals surface area contributed by atoms with Gasteiger partial charge in [0.1, 0.15) is 0 Å². The Morgan fingerprint density at radius 3 is 2.86 bits per heavy atom. The Balaban J connectivity index is 3.19. The van der Waals surface area contributed by atoms with E-state index in [4.69, 9.17) is 0 Å². The Hall–Kier alpha value is -1.77. The zero-order valence-corrected chi connectivity index (χ0v) is 8.37. The van der Waals surface area contributed by atoms with E-state index in [9.17, 15) is 4.79 Å². The molecular weight excluding hydrogens is 176 g/mol. The second kappa shape index (κ2) is 5.07. The van der Waals surface area contributed by atoms with Gasteiger partial charge in [0.05, 0.1) is 5.69 Å². The van der Waals surface area contributed by atoms with Gasteiger partial charge in [-0.05, 0) is 36.6 Å². The summed E-state index contributed by atoms with van der Waals surface area (Å²) in [6.07, 6.45) is 8.39. The Morgan fingerprint density at radius 1 is 1.50 bits per heavy atom. The topological polar surface area (TPSA) is 44.9 Å². The van der Waals surface area contributed by atoms with Crippen molar-refractivity contribution in [3.8, 4) is 0 Å². The lowest BCUT2D eigenvalue weighted by Gasteiger charge is -1.81. The number of aromatic nitrogens is 1. The van der Waals surface area contributed by atoms with Crippen LogP contribution in [-0.2, 0) is 0 Å². The molecule has 74 valence electrons. The molecular formula is C11H14N2O. The van der Waals surface area contributed by atoms with E-state index in [1.807, 2.05) is 44.5 Å². The second-order valence-corrected chi connectivity index (χ2v) is 2.81. The summed E-state index contributed by atoms with van der Waals surface area (Å²) < 4.78 is 0. The van der Waals surface area contributed by atoms with E-state index in [0.29, 0.717) is 5.69 Å². The van der Waals surface area contributed by atoms with E-state index in [1.54, 1.807) is 0 Å². The molecule has 2 N–H and O–H groups in total. The number of aldehydes is 1. The summed E-state index contributed by atoms with van der Waals surface area (Å²) in [5, 5.41) is 4.87. The van der Waals surface area contributed by atoms with Crippen LogP contribution in [0.15, 0.2) is 18.3 Å². The molecule has 1 heterocycles. The van der Waals surface area contributed by atoms with Crippen LogP contribution in [0.1, 0.15) is 17.4 Å². The van der Waals surface area contributed by atoms with Gasteiger partial charge >= 0.3 is 0 Å². The second-order valence-electron chi connectivity index (χ2n) is 2.81. The fourth-order valence-electron chi connectivity index (χ4n) is 1.19. The highest BCUT2D eigenvalue weighted by Gasteiger charge is 1.91. The van der Waals surface area contributed by atoms with Crippen molar-refractivity contribution in [1.82, 2.24) is 10.3 Å². The molecule has 0 bridgehead atoms. The largest absolute Gasteiger partial charge is 0.394 e. The van der Waals surface area contributed by atoms with Gasteiger partial charge in [-0.2, -0.15) is 0 Å². The molecule has 0 atom stereocenters. The minimum absolute atomic E-state index is 0.599. The van der Waals surface area contributed by atoms with Crippen LogP contribution in [0.4, 0.5) is 0 Å². The molecule has 0 amide bonds. The van der Waals surface area contributed by atoms with Gasteiger partial charge < -0.3 is 10.3 Å². The van der Waals surface area contributed by atoms with Gasteiger partial charge in [-0.25, -0.2) is 0 Å². The predicted molar refractivity (Wildman–Crippen MR) is 58.2 cm³/mol. The molecule has 1 rings (SSSR count). The first-order chi connectivity index (χ1) is 6.81. The maximum absolute atomic E-state index is 10.5. The minimum atomic E-state index is 0.599. The summed E-state index contributed by atoms with van der Waals surface area (Å²) >= 11 is 0. The van der Waals surface area contributed by atoms with E-state index < -0.39 is 0 Å². The number of carbonyl (C=O) groups excluding carboxylic acids is 1. The van der Waals surface area contributed by atoms with E-state index in [-0.39, 0.29) is 0 Å². The molecule has 0 saturated heterocycles. The Morgan fingerprint density at radius 2 is 2.29 bits per heavy atom. The third kappa shape index (κ3) is 2.36. The molecule has 0 saturated carbocycles. The first kappa shape index (κ1) is 10.3. The highest BCUT2D eigenvalue weighted by atomic mass is 16.1. The quantitative estimate of drug-likeness (QED) is 0.666. The third-order valence-corrected chi connectivity index (χ3v) is 1.86. The van der Waals surface area contributed by atoms with Gasteiger partial charge in [-0.15, -0.1) is 0 Å². The average molecular weight is 190 g/mol. The molecule has 0 fully saturated rings. The van der Waals surface area contributed by atoms with Crippen LogP contribution < -0.4 is 15.9 Å². The lowest BCUT2D eigenvalue weighted by molar-refractivity contribution is 0.111. The first-order valence-electron chi connectivity index (χ1n) is 4.46. The van der Waals surface area contributed by atoms with Gasteiger partial charge in [-0.3, -0.25) is 4.79 Å². The smallest absolute Gasteiger partial charge is 0.166 e. The van der Waals surface area contributed by atoms with Crippen molar-refractivity contribution in [3.05, 3.63) is 34.6 Å². The molecule has 3 heteroatoms. The lowest BCUT2D eigenvalue weighted by Crippen LogP contribution is -2.21. The van der Waals surface area contributed by atoms with Crippen molar-refractivity contribution in [2.24, 2.45) is 0 Å². The third-order valence-electron chi connectivity index (χ3n) is 1.86. The van der Waals surface area contributed by atoms with Crippen molar-refractivity contribution in [2.75, 3.05) is 7.05 Å². The zero-order chi connectivity index (χ0) is 10.4. The van der Waals surface area contributed by atoms with Crippen molar-refractivity contribution < 1.29 is 4.79 Å². The van der Waals surface area contributed by atoms with Crippen LogP contribution in [0.5, 0.6) is 0 Å². The maximum Gasteiger partial charge on any atom is 0.166 e. The van der Waals surface area contributed by atoms with Crippen molar-refractivity contribution >= 4 is 18.4 Å². The number of H-pyrrole nitrogens is 1. The van der Waals surface area contributed by atoms with E-state index in [1.165, 1.54) is 0 Å². The van der Waals surface area contributed by atoms with Gasteiger partial charge in [0.25, 0.3) is 0 Å².